The number of carboxylic acids is 1. The molecule has 1 aromatic heterocycles. The van der Waals surface area contributed by atoms with Crippen LogP contribution in [0.5, 0.6) is 0 Å². The number of anilines is 1. The number of thiazole rings is 1. The first-order valence-electron chi connectivity index (χ1n) is 11.9. The van der Waals surface area contributed by atoms with E-state index < -0.39 is 5.97 Å². The molecule has 4 rings (SSSR count). The van der Waals surface area contributed by atoms with Gasteiger partial charge < -0.3 is 14.8 Å². The second kappa shape index (κ2) is 11.9. The molecule has 0 bridgehead atoms. The van der Waals surface area contributed by atoms with Gasteiger partial charge in [-0.2, -0.15) is 0 Å². The second-order valence-electron chi connectivity index (χ2n) is 10.0. The Morgan fingerprint density at radius 2 is 1.68 bits per heavy atom. The maximum Gasteiger partial charge on any atom is 1.00 e. The molecule has 0 aliphatic heterocycles. The molecule has 4 nitrogen and oxygen atoms in total. The molecule has 0 amide bonds. The van der Waals surface area contributed by atoms with Crippen molar-refractivity contribution in [3.8, 4) is 0 Å². The van der Waals surface area contributed by atoms with Crippen LogP contribution in [0.1, 0.15) is 81.2 Å². The fraction of sp³-hybridized carbons (Fsp3) is 0.429. The van der Waals surface area contributed by atoms with Gasteiger partial charge in [-0.1, -0.05) is 88.2 Å². The number of carboxylic acid groups (broad SMARTS) is 1. The minimum absolute atomic E-state index is 0. The van der Waals surface area contributed by atoms with Crippen LogP contribution in [0.15, 0.2) is 60.0 Å². The minimum Gasteiger partial charge on any atom is -0.550 e. The summed E-state index contributed by atoms with van der Waals surface area (Å²) in [5.41, 5.74) is 4.86. The van der Waals surface area contributed by atoms with Crippen molar-refractivity contribution >= 4 is 22.4 Å². The van der Waals surface area contributed by atoms with Crippen LogP contribution in [0.4, 0.5) is 5.13 Å². The Hall–Kier alpha value is -1.66. The number of carbonyl (C=O) groups is 1. The van der Waals surface area contributed by atoms with E-state index in [2.05, 4.69) is 79.6 Å². The largest absolute Gasteiger partial charge is 1.00 e. The first-order valence-corrected chi connectivity index (χ1v) is 12.8. The minimum atomic E-state index is -1.00. The second-order valence-corrected chi connectivity index (χ2v) is 10.9. The summed E-state index contributed by atoms with van der Waals surface area (Å²) in [4.78, 5) is 18.5. The van der Waals surface area contributed by atoms with Crippen LogP contribution in [0.3, 0.4) is 0 Å². The molecule has 174 valence electrons. The van der Waals surface area contributed by atoms with E-state index in [4.69, 9.17) is 4.98 Å². The van der Waals surface area contributed by atoms with E-state index in [9.17, 15) is 9.90 Å². The number of rotatable bonds is 8. The molecule has 1 fully saturated rings. The normalized spacial score (nSPS) is 15.0. The summed E-state index contributed by atoms with van der Waals surface area (Å²) in [5, 5.41) is 14.2. The van der Waals surface area contributed by atoms with Crippen LogP contribution >= 0.6 is 11.3 Å². The molecule has 34 heavy (non-hydrogen) atoms. The summed E-state index contributed by atoms with van der Waals surface area (Å²) in [5.74, 6) is -0.965. The van der Waals surface area contributed by atoms with Crippen LogP contribution in [-0.4, -0.2) is 23.5 Å². The zero-order chi connectivity index (χ0) is 23.4. The summed E-state index contributed by atoms with van der Waals surface area (Å²) in [7, 11) is 0. The van der Waals surface area contributed by atoms with Gasteiger partial charge in [0, 0.05) is 30.4 Å². The first-order chi connectivity index (χ1) is 15.8. The van der Waals surface area contributed by atoms with E-state index in [0.29, 0.717) is 12.6 Å². The first kappa shape index (κ1) is 26.9. The van der Waals surface area contributed by atoms with E-state index >= 15 is 0 Å². The molecule has 1 aliphatic carbocycles. The van der Waals surface area contributed by atoms with E-state index in [1.54, 1.807) is 11.3 Å². The Morgan fingerprint density at radius 3 is 2.26 bits per heavy atom. The van der Waals surface area contributed by atoms with Gasteiger partial charge in [-0.25, -0.2) is 4.98 Å². The third-order valence-corrected chi connectivity index (χ3v) is 7.51. The predicted octanol–water partition coefficient (Wildman–Crippen LogP) is 2.51. The van der Waals surface area contributed by atoms with E-state index in [1.807, 2.05) is 6.07 Å². The Kier molecular flexibility index (Phi) is 9.39. The fourth-order valence-corrected chi connectivity index (χ4v) is 5.71. The molecule has 3 aromatic rings. The van der Waals surface area contributed by atoms with E-state index in [0.717, 1.165) is 23.7 Å². The Labute approximate surface area is 229 Å². The quantitative estimate of drug-likeness (QED) is 0.461. The molecular formula is C28H33N2NaO2S. The third kappa shape index (κ3) is 6.51. The van der Waals surface area contributed by atoms with Gasteiger partial charge in [0.15, 0.2) is 5.13 Å². The van der Waals surface area contributed by atoms with Crippen molar-refractivity contribution in [1.29, 1.82) is 0 Å². The zero-order valence-electron chi connectivity index (χ0n) is 20.8. The number of benzene rings is 2. The predicted molar refractivity (Wildman–Crippen MR) is 134 cm³/mol. The molecule has 0 spiro atoms. The molecular weight excluding hydrogens is 451 g/mol. The molecule has 6 heteroatoms. The van der Waals surface area contributed by atoms with Gasteiger partial charge in [0.05, 0.1) is 11.6 Å². The van der Waals surface area contributed by atoms with Gasteiger partial charge >= 0.3 is 29.6 Å². The molecule has 0 radical (unpaired) electrons. The molecule has 1 unspecified atom stereocenters. The molecule has 1 saturated carbocycles. The molecule has 1 heterocycles. The average molecular weight is 485 g/mol. The van der Waals surface area contributed by atoms with Crippen LogP contribution in [0.2, 0.25) is 0 Å². The fourth-order valence-electron chi connectivity index (χ4n) is 4.76. The van der Waals surface area contributed by atoms with Gasteiger partial charge in [-0.15, -0.1) is 11.3 Å². The molecule has 0 N–H and O–H groups in total. The Balaban J connectivity index is 0.00000324. The van der Waals surface area contributed by atoms with Crippen LogP contribution < -0.4 is 39.6 Å². The van der Waals surface area contributed by atoms with Crippen molar-refractivity contribution < 1.29 is 39.5 Å². The Bertz CT molecular complexity index is 1050. The number of nitrogens with zero attached hydrogens (tertiary/aromatic N) is 2. The molecule has 2 aromatic carbocycles. The summed E-state index contributed by atoms with van der Waals surface area (Å²) < 4.78 is 0. The monoisotopic (exact) mass is 484 g/mol. The third-order valence-electron chi connectivity index (χ3n) is 6.62. The number of carbonyl (C=O) groups excluding carboxylic acids is 1. The van der Waals surface area contributed by atoms with Crippen molar-refractivity contribution in [1.82, 2.24) is 4.98 Å². The smallest absolute Gasteiger partial charge is 0.550 e. The average Bonchev–Trinajstić information content (AvgIpc) is 3.48. The molecule has 1 atom stereocenters. The summed E-state index contributed by atoms with van der Waals surface area (Å²) in [6.45, 7) is 7.14. The van der Waals surface area contributed by atoms with Gasteiger partial charge in [0.25, 0.3) is 0 Å². The number of hydrogen-bond donors (Lipinski definition) is 0. The van der Waals surface area contributed by atoms with Gasteiger partial charge in [-0.3, -0.25) is 0 Å². The standard InChI is InChI=1S/C28H34N2O2S.Na/c1-28(2,3)22-15-13-21(14-16-22)26(20-9-5-4-6-10-20)24-19-33-27(29-24)30(18-17-25(31)32)23-11-7-8-12-23;/h4-6,9-10,13-16,19,23,26H,7-8,11-12,17-18H2,1-3H3,(H,31,32);/q;+1/p-1. The maximum absolute atomic E-state index is 11.2. The van der Waals surface area contributed by atoms with Crippen molar-refractivity contribution in [2.24, 2.45) is 0 Å². The van der Waals surface area contributed by atoms with Crippen molar-refractivity contribution in [2.75, 3.05) is 11.4 Å². The summed E-state index contributed by atoms with van der Waals surface area (Å²) in [6, 6.07) is 19.8. The number of aliphatic carboxylic acids is 1. The van der Waals surface area contributed by atoms with Crippen LogP contribution in [0.25, 0.3) is 0 Å². The number of hydrogen-bond acceptors (Lipinski definition) is 5. The van der Waals surface area contributed by atoms with Gasteiger partial charge in [0.2, 0.25) is 0 Å². The summed E-state index contributed by atoms with van der Waals surface area (Å²) >= 11 is 1.62. The zero-order valence-corrected chi connectivity index (χ0v) is 23.6. The van der Waals surface area contributed by atoms with E-state index in [1.165, 1.54) is 29.5 Å². The van der Waals surface area contributed by atoms with Gasteiger partial charge in [0.1, 0.15) is 0 Å². The number of aromatic nitrogens is 1. The van der Waals surface area contributed by atoms with Crippen molar-refractivity contribution in [2.45, 2.75) is 70.3 Å². The maximum atomic E-state index is 11.2. The van der Waals surface area contributed by atoms with Crippen LogP contribution in [-0.2, 0) is 10.2 Å². The Morgan fingerprint density at radius 1 is 1.06 bits per heavy atom. The van der Waals surface area contributed by atoms with Gasteiger partial charge in [-0.05, 0) is 34.9 Å². The van der Waals surface area contributed by atoms with E-state index in [-0.39, 0.29) is 47.3 Å². The SMILES string of the molecule is CC(C)(C)c1ccc(C(c2ccccc2)c2csc(N(CCC(=O)[O-])C3CCCC3)n2)cc1.[Na+]. The summed E-state index contributed by atoms with van der Waals surface area (Å²) in [6.07, 6.45) is 4.60. The van der Waals surface area contributed by atoms with Crippen molar-refractivity contribution in [3.05, 3.63) is 82.4 Å². The molecule has 1 aliphatic rings. The molecule has 0 saturated heterocycles. The topological polar surface area (TPSA) is 56.3 Å². The van der Waals surface area contributed by atoms with Crippen LogP contribution in [0, 0.1) is 0 Å². The van der Waals surface area contributed by atoms with Crippen molar-refractivity contribution in [3.63, 3.8) is 0 Å².